The zero-order chi connectivity index (χ0) is 15.5. The first kappa shape index (κ1) is 15.7. The number of hydrogen-bond acceptors (Lipinski definition) is 3. The van der Waals surface area contributed by atoms with Gasteiger partial charge >= 0.3 is 0 Å². The Hall–Kier alpha value is -1.20. The molecule has 0 spiro atoms. The van der Waals surface area contributed by atoms with Crippen molar-refractivity contribution in [1.29, 1.82) is 0 Å². The van der Waals surface area contributed by atoms with Crippen LogP contribution in [-0.4, -0.2) is 27.3 Å². The minimum Gasteiger partial charge on any atom is -0.355 e. The number of benzene rings is 1. The van der Waals surface area contributed by atoms with Crippen LogP contribution in [0.3, 0.4) is 0 Å². The van der Waals surface area contributed by atoms with Crippen LogP contribution >= 0.6 is 23.4 Å². The minimum absolute atomic E-state index is 0.0506. The molecule has 1 atom stereocenters. The molecule has 0 unspecified atom stereocenters. The highest BCUT2D eigenvalue weighted by Gasteiger charge is 2.24. The average Bonchev–Trinajstić information content (AvgIpc) is 2.68. The van der Waals surface area contributed by atoms with Crippen LogP contribution < -0.4 is 5.32 Å². The third-order valence-corrected chi connectivity index (χ3v) is 5.35. The van der Waals surface area contributed by atoms with Crippen molar-refractivity contribution in [3.8, 4) is 0 Å². The summed E-state index contributed by atoms with van der Waals surface area (Å²) >= 11 is 7.65. The first-order chi connectivity index (χ1) is 10.7. The van der Waals surface area contributed by atoms with Crippen LogP contribution in [0, 0.1) is 0 Å². The standard InChI is InChI=1S/C16H20ClN3OS/c1-2-9-20-13-7-6-11(17)10-12(13)19-16(20)22-14-5-3-4-8-18-15(14)21/h6-7,10,14H,2-5,8-9H2,1H3,(H,18,21)/t14-/m0/s1. The quantitative estimate of drug-likeness (QED) is 0.921. The predicted octanol–water partition coefficient (Wildman–Crippen LogP) is 3.86. The number of fused-ring (bicyclic) bond motifs is 1. The molecule has 0 bridgehead atoms. The Balaban J connectivity index is 1.94. The molecular formula is C16H20ClN3OS. The number of aromatic nitrogens is 2. The van der Waals surface area contributed by atoms with E-state index in [2.05, 4.69) is 16.8 Å². The Labute approximate surface area is 139 Å². The highest BCUT2D eigenvalue weighted by molar-refractivity contribution is 8.00. The van der Waals surface area contributed by atoms with Gasteiger partial charge in [-0.2, -0.15) is 0 Å². The Morgan fingerprint density at radius 2 is 2.32 bits per heavy atom. The molecule has 1 aliphatic rings. The van der Waals surface area contributed by atoms with Gasteiger partial charge in [-0.25, -0.2) is 4.98 Å². The van der Waals surface area contributed by atoms with Crippen LogP contribution in [0.4, 0.5) is 0 Å². The van der Waals surface area contributed by atoms with Crippen LogP contribution in [0.2, 0.25) is 5.02 Å². The van der Waals surface area contributed by atoms with Crippen LogP contribution in [0.15, 0.2) is 23.4 Å². The summed E-state index contributed by atoms with van der Waals surface area (Å²) in [5.74, 6) is 0.135. The van der Waals surface area contributed by atoms with E-state index in [0.29, 0.717) is 5.02 Å². The lowest BCUT2D eigenvalue weighted by molar-refractivity contribution is -0.120. The van der Waals surface area contributed by atoms with E-state index in [-0.39, 0.29) is 11.2 Å². The number of nitrogens with one attached hydrogen (secondary N) is 1. The summed E-state index contributed by atoms with van der Waals surface area (Å²) in [5, 5.41) is 4.55. The summed E-state index contributed by atoms with van der Waals surface area (Å²) in [4.78, 5) is 16.9. The first-order valence-corrected chi connectivity index (χ1v) is 9.05. The van der Waals surface area contributed by atoms with Crippen molar-refractivity contribution in [2.24, 2.45) is 0 Å². The molecule has 1 aromatic heterocycles. The smallest absolute Gasteiger partial charge is 0.233 e. The average molecular weight is 338 g/mol. The maximum absolute atomic E-state index is 12.2. The molecule has 1 saturated heterocycles. The van der Waals surface area contributed by atoms with E-state index in [0.717, 1.165) is 55.0 Å². The Kier molecular flexibility index (Phi) is 4.93. The van der Waals surface area contributed by atoms with Crippen molar-refractivity contribution in [1.82, 2.24) is 14.9 Å². The van der Waals surface area contributed by atoms with Gasteiger partial charge in [0.1, 0.15) is 0 Å². The Morgan fingerprint density at radius 3 is 3.14 bits per heavy atom. The molecule has 0 aliphatic carbocycles. The van der Waals surface area contributed by atoms with Gasteiger partial charge in [0.25, 0.3) is 0 Å². The number of rotatable bonds is 4. The van der Waals surface area contributed by atoms with E-state index in [1.54, 1.807) is 11.8 Å². The lowest BCUT2D eigenvalue weighted by atomic mass is 10.2. The molecule has 22 heavy (non-hydrogen) atoms. The molecule has 0 saturated carbocycles. The Bertz CT molecular complexity index is 685. The monoisotopic (exact) mass is 337 g/mol. The maximum atomic E-state index is 12.2. The van der Waals surface area contributed by atoms with Gasteiger partial charge in [-0.05, 0) is 37.5 Å². The molecule has 0 radical (unpaired) electrons. The van der Waals surface area contributed by atoms with Gasteiger partial charge in [0.15, 0.2) is 5.16 Å². The van der Waals surface area contributed by atoms with Crippen molar-refractivity contribution in [3.05, 3.63) is 23.2 Å². The number of amides is 1. The van der Waals surface area contributed by atoms with Crippen molar-refractivity contribution < 1.29 is 4.79 Å². The molecular weight excluding hydrogens is 318 g/mol. The van der Waals surface area contributed by atoms with Crippen molar-refractivity contribution in [3.63, 3.8) is 0 Å². The molecule has 6 heteroatoms. The number of hydrogen-bond donors (Lipinski definition) is 1. The summed E-state index contributed by atoms with van der Waals surface area (Å²) in [5.41, 5.74) is 1.99. The molecule has 1 aliphatic heterocycles. The summed E-state index contributed by atoms with van der Waals surface area (Å²) in [6.45, 7) is 3.83. The third-order valence-electron chi connectivity index (χ3n) is 3.85. The fourth-order valence-electron chi connectivity index (χ4n) is 2.76. The summed E-state index contributed by atoms with van der Waals surface area (Å²) in [6, 6.07) is 5.79. The molecule has 1 fully saturated rings. The van der Waals surface area contributed by atoms with E-state index >= 15 is 0 Å². The molecule has 1 amide bonds. The van der Waals surface area contributed by atoms with E-state index in [1.807, 2.05) is 18.2 Å². The second-order valence-electron chi connectivity index (χ2n) is 5.57. The third kappa shape index (κ3) is 3.25. The predicted molar refractivity (Wildman–Crippen MR) is 91.5 cm³/mol. The molecule has 1 N–H and O–H groups in total. The number of aryl methyl sites for hydroxylation is 1. The van der Waals surface area contributed by atoms with E-state index in [4.69, 9.17) is 16.6 Å². The lowest BCUT2D eigenvalue weighted by Gasteiger charge is -2.13. The van der Waals surface area contributed by atoms with Crippen molar-refractivity contribution in [2.45, 2.75) is 49.6 Å². The highest BCUT2D eigenvalue weighted by Crippen LogP contribution is 2.31. The molecule has 1 aromatic carbocycles. The normalized spacial score (nSPS) is 19.2. The summed E-state index contributed by atoms with van der Waals surface area (Å²) < 4.78 is 2.20. The molecule has 2 heterocycles. The van der Waals surface area contributed by atoms with Crippen LogP contribution in [-0.2, 0) is 11.3 Å². The van der Waals surface area contributed by atoms with Crippen LogP contribution in [0.25, 0.3) is 11.0 Å². The van der Waals surface area contributed by atoms with Gasteiger partial charge < -0.3 is 9.88 Å². The van der Waals surface area contributed by atoms with Gasteiger partial charge in [-0.3, -0.25) is 4.79 Å². The first-order valence-electron chi connectivity index (χ1n) is 7.79. The summed E-state index contributed by atoms with van der Waals surface area (Å²) in [7, 11) is 0. The number of thioether (sulfide) groups is 1. The molecule has 3 rings (SSSR count). The maximum Gasteiger partial charge on any atom is 0.233 e. The number of carbonyl (C=O) groups is 1. The molecule has 4 nitrogen and oxygen atoms in total. The van der Waals surface area contributed by atoms with Crippen molar-refractivity contribution >= 4 is 40.3 Å². The lowest BCUT2D eigenvalue weighted by Crippen LogP contribution is -2.30. The molecule has 118 valence electrons. The van der Waals surface area contributed by atoms with Gasteiger partial charge in [0, 0.05) is 18.1 Å². The fraction of sp³-hybridized carbons (Fsp3) is 0.500. The van der Waals surface area contributed by atoms with Gasteiger partial charge in [0.2, 0.25) is 5.91 Å². The number of nitrogens with zero attached hydrogens (tertiary/aromatic N) is 2. The second kappa shape index (κ2) is 6.92. The largest absolute Gasteiger partial charge is 0.355 e. The number of imidazole rings is 1. The Morgan fingerprint density at radius 1 is 1.45 bits per heavy atom. The zero-order valence-corrected chi connectivity index (χ0v) is 14.2. The van der Waals surface area contributed by atoms with Gasteiger partial charge in [-0.1, -0.05) is 36.7 Å². The molecule has 2 aromatic rings. The van der Waals surface area contributed by atoms with Crippen LogP contribution in [0.1, 0.15) is 32.6 Å². The minimum atomic E-state index is -0.0506. The SMILES string of the molecule is CCCn1c(S[C@H]2CCCCNC2=O)nc2cc(Cl)ccc21. The highest BCUT2D eigenvalue weighted by atomic mass is 35.5. The van der Waals surface area contributed by atoms with Gasteiger partial charge in [-0.15, -0.1) is 0 Å². The number of carbonyl (C=O) groups excluding carboxylic acids is 1. The van der Waals surface area contributed by atoms with Gasteiger partial charge in [0.05, 0.1) is 16.3 Å². The number of halogens is 1. The van der Waals surface area contributed by atoms with E-state index in [1.165, 1.54) is 0 Å². The van der Waals surface area contributed by atoms with Crippen LogP contribution in [0.5, 0.6) is 0 Å². The fourth-order valence-corrected chi connectivity index (χ4v) is 4.13. The van der Waals surface area contributed by atoms with E-state index < -0.39 is 0 Å². The zero-order valence-electron chi connectivity index (χ0n) is 12.6. The van der Waals surface area contributed by atoms with E-state index in [9.17, 15) is 4.79 Å². The second-order valence-corrected chi connectivity index (χ2v) is 7.18. The topological polar surface area (TPSA) is 46.9 Å². The van der Waals surface area contributed by atoms with Crippen molar-refractivity contribution in [2.75, 3.05) is 6.54 Å². The summed E-state index contributed by atoms with van der Waals surface area (Å²) in [6.07, 6.45) is 4.07.